The molecule has 6 nitrogen and oxygen atoms in total. The first-order valence-corrected chi connectivity index (χ1v) is 10.6. The second-order valence-corrected chi connectivity index (χ2v) is 7.26. The zero-order valence-corrected chi connectivity index (χ0v) is 17.8. The van der Waals surface area contributed by atoms with Gasteiger partial charge in [-0.15, -0.1) is 0 Å². The van der Waals surface area contributed by atoms with Crippen molar-refractivity contribution in [2.24, 2.45) is 0 Å². The van der Waals surface area contributed by atoms with Crippen LogP contribution in [0, 0.1) is 0 Å². The van der Waals surface area contributed by atoms with E-state index in [9.17, 15) is 14.4 Å². The fraction of sp³-hybridized carbons (Fsp3) is 0.192. The molecule has 0 spiro atoms. The zero-order chi connectivity index (χ0) is 22.6. The number of ether oxygens (including phenoxy) is 1. The molecule has 0 unspecified atom stereocenters. The lowest BCUT2D eigenvalue weighted by Crippen LogP contribution is -2.41. The number of hydrazine groups is 1. The van der Waals surface area contributed by atoms with Crippen LogP contribution in [0.2, 0.25) is 0 Å². The van der Waals surface area contributed by atoms with Crippen LogP contribution in [0.4, 0.5) is 0 Å². The monoisotopic (exact) mass is 430 g/mol. The summed E-state index contributed by atoms with van der Waals surface area (Å²) in [5.41, 5.74) is 8.34. The topological polar surface area (TPSA) is 84.5 Å². The van der Waals surface area contributed by atoms with E-state index in [1.165, 1.54) is 5.56 Å². The third-order valence-corrected chi connectivity index (χ3v) is 4.84. The minimum absolute atomic E-state index is 0.0428. The normalized spacial score (nSPS) is 10.2. The number of nitrogens with one attached hydrogen (secondary N) is 2. The average Bonchev–Trinajstić information content (AvgIpc) is 2.85. The largest absolute Gasteiger partial charge is 0.466 e. The quantitative estimate of drug-likeness (QED) is 0.304. The molecule has 0 saturated heterocycles. The molecule has 32 heavy (non-hydrogen) atoms. The van der Waals surface area contributed by atoms with Crippen molar-refractivity contribution in [2.75, 3.05) is 6.61 Å². The van der Waals surface area contributed by atoms with Crippen molar-refractivity contribution in [3.05, 3.63) is 96.1 Å². The number of aryl methyl sites for hydroxylation is 1. The highest BCUT2D eigenvalue weighted by Gasteiger charge is 2.10. The maximum absolute atomic E-state index is 12.2. The average molecular weight is 431 g/mol. The third kappa shape index (κ3) is 7.40. The van der Waals surface area contributed by atoms with Crippen molar-refractivity contribution in [1.29, 1.82) is 0 Å². The van der Waals surface area contributed by atoms with E-state index in [-0.39, 0.29) is 12.8 Å². The highest BCUT2D eigenvalue weighted by atomic mass is 16.5. The van der Waals surface area contributed by atoms with Gasteiger partial charge in [0.25, 0.3) is 5.91 Å². The minimum atomic E-state index is -0.458. The van der Waals surface area contributed by atoms with Gasteiger partial charge >= 0.3 is 5.97 Å². The smallest absolute Gasteiger partial charge is 0.306 e. The van der Waals surface area contributed by atoms with E-state index >= 15 is 0 Å². The molecule has 0 bridgehead atoms. The highest BCUT2D eigenvalue weighted by molar-refractivity contribution is 5.96. The standard InChI is InChI=1S/C26H26N2O4/c29-24(17-18-25(30)32-19-7-10-20-8-3-1-4-9-20)27-28-26(31)23-15-13-22(14-16-23)21-11-5-2-6-12-21/h1-6,8-9,11-16H,7,10,17-19H2,(H,27,29)(H,28,31). The Morgan fingerprint density at radius 3 is 2.00 bits per heavy atom. The molecule has 2 amide bonds. The molecule has 6 heteroatoms. The van der Waals surface area contributed by atoms with Gasteiger partial charge in [0, 0.05) is 12.0 Å². The van der Waals surface area contributed by atoms with Crippen LogP contribution >= 0.6 is 0 Å². The number of amides is 2. The van der Waals surface area contributed by atoms with Crippen LogP contribution in [-0.2, 0) is 20.7 Å². The van der Waals surface area contributed by atoms with E-state index in [4.69, 9.17) is 4.74 Å². The van der Waals surface area contributed by atoms with E-state index < -0.39 is 17.8 Å². The van der Waals surface area contributed by atoms with Gasteiger partial charge < -0.3 is 4.74 Å². The van der Waals surface area contributed by atoms with Crippen LogP contribution in [0.25, 0.3) is 11.1 Å². The summed E-state index contributed by atoms with van der Waals surface area (Å²) in [4.78, 5) is 35.9. The molecule has 3 aromatic rings. The number of hydrogen-bond donors (Lipinski definition) is 2. The first-order chi connectivity index (χ1) is 15.6. The maximum atomic E-state index is 12.2. The van der Waals surface area contributed by atoms with Gasteiger partial charge in [-0.3, -0.25) is 25.2 Å². The molecule has 3 rings (SSSR count). The van der Waals surface area contributed by atoms with Gasteiger partial charge in [0.1, 0.15) is 0 Å². The number of carbonyl (C=O) groups is 3. The molecular formula is C26H26N2O4. The van der Waals surface area contributed by atoms with E-state index in [2.05, 4.69) is 10.9 Å². The van der Waals surface area contributed by atoms with Gasteiger partial charge in [-0.25, -0.2) is 0 Å². The molecule has 164 valence electrons. The van der Waals surface area contributed by atoms with Crippen molar-refractivity contribution < 1.29 is 19.1 Å². The van der Waals surface area contributed by atoms with Gasteiger partial charge in [-0.1, -0.05) is 72.8 Å². The molecule has 0 heterocycles. The van der Waals surface area contributed by atoms with Crippen LogP contribution < -0.4 is 10.9 Å². The van der Waals surface area contributed by atoms with E-state index in [0.717, 1.165) is 24.0 Å². The van der Waals surface area contributed by atoms with Crippen LogP contribution in [-0.4, -0.2) is 24.4 Å². The summed E-state index contributed by atoms with van der Waals surface area (Å²) in [6, 6.07) is 26.9. The van der Waals surface area contributed by atoms with Crippen LogP contribution in [0.1, 0.15) is 35.2 Å². The maximum Gasteiger partial charge on any atom is 0.306 e. The summed E-state index contributed by atoms with van der Waals surface area (Å²) in [7, 11) is 0. The molecule has 0 aliphatic carbocycles. The van der Waals surface area contributed by atoms with Crippen molar-refractivity contribution in [3.8, 4) is 11.1 Å². The summed E-state index contributed by atoms with van der Waals surface area (Å²) in [5, 5.41) is 0. The van der Waals surface area contributed by atoms with Crippen LogP contribution in [0.3, 0.4) is 0 Å². The summed E-state index contributed by atoms with van der Waals surface area (Å²) in [6.07, 6.45) is 1.44. The minimum Gasteiger partial charge on any atom is -0.466 e. The molecular weight excluding hydrogens is 404 g/mol. The Morgan fingerprint density at radius 2 is 1.31 bits per heavy atom. The van der Waals surface area contributed by atoms with E-state index in [0.29, 0.717) is 12.2 Å². The van der Waals surface area contributed by atoms with Crippen molar-refractivity contribution in [3.63, 3.8) is 0 Å². The third-order valence-electron chi connectivity index (χ3n) is 4.84. The SMILES string of the molecule is O=C(CCC(=O)OCCCc1ccccc1)NNC(=O)c1ccc(-c2ccccc2)cc1. The summed E-state index contributed by atoms with van der Waals surface area (Å²) in [5.74, 6) is -1.32. The molecule has 0 aromatic heterocycles. The Balaban J connectivity index is 1.32. The predicted molar refractivity (Wildman–Crippen MR) is 122 cm³/mol. The number of rotatable bonds is 9. The molecule has 0 aliphatic rings. The lowest BCUT2D eigenvalue weighted by Gasteiger charge is -2.08. The molecule has 2 N–H and O–H groups in total. The summed E-state index contributed by atoms with van der Waals surface area (Å²) >= 11 is 0. The Bertz CT molecular complexity index is 1020. The lowest BCUT2D eigenvalue weighted by atomic mass is 10.0. The van der Waals surface area contributed by atoms with Gasteiger partial charge in [0.2, 0.25) is 5.91 Å². The Labute approximate surface area is 187 Å². The van der Waals surface area contributed by atoms with E-state index in [1.807, 2.05) is 72.8 Å². The Kier molecular flexibility index (Phi) is 8.57. The molecule has 0 fully saturated rings. The van der Waals surface area contributed by atoms with Gasteiger partial charge in [-0.2, -0.15) is 0 Å². The molecule has 0 aliphatic heterocycles. The fourth-order valence-electron chi connectivity index (χ4n) is 3.10. The Hall–Kier alpha value is -3.93. The lowest BCUT2D eigenvalue weighted by molar-refractivity contribution is -0.145. The second kappa shape index (κ2) is 12.1. The Morgan fingerprint density at radius 1 is 0.688 bits per heavy atom. The van der Waals surface area contributed by atoms with E-state index in [1.54, 1.807) is 12.1 Å². The molecule has 3 aromatic carbocycles. The number of benzene rings is 3. The first-order valence-electron chi connectivity index (χ1n) is 10.6. The van der Waals surface area contributed by atoms with Crippen molar-refractivity contribution >= 4 is 17.8 Å². The second-order valence-electron chi connectivity index (χ2n) is 7.26. The molecule has 0 radical (unpaired) electrons. The van der Waals surface area contributed by atoms with Crippen molar-refractivity contribution in [1.82, 2.24) is 10.9 Å². The number of hydrogen-bond acceptors (Lipinski definition) is 4. The first kappa shape index (κ1) is 22.7. The number of carbonyl (C=O) groups excluding carboxylic acids is 3. The summed E-state index contributed by atoms with van der Waals surface area (Å²) in [6.45, 7) is 0.311. The van der Waals surface area contributed by atoms with Gasteiger partial charge in [0.05, 0.1) is 13.0 Å². The van der Waals surface area contributed by atoms with Gasteiger partial charge in [0.15, 0.2) is 0 Å². The summed E-state index contributed by atoms with van der Waals surface area (Å²) < 4.78 is 5.15. The highest BCUT2D eigenvalue weighted by Crippen LogP contribution is 2.19. The predicted octanol–water partition coefficient (Wildman–Crippen LogP) is 4.07. The number of esters is 1. The molecule has 0 atom stereocenters. The van der Waals surface area contributed by atoms with Crippen molar-refractivity contribution in [2.45, 2.75) is 25.7 Å². The fourth-order valence-corrected chi connectivity index (χ4v) is 3.10. The van der Waals surface area contributed by atoms with Crippen LogP contribution in [0.15, 0.2) is 84.9 Å². The van der Waals surface area contributed by atoms with Crippen LogP contribution in [0.5, 0.6) is 0 Å². The van der Waals surface area contributed by atoms with Gasteiger partial charge in [-0.05, 0) is 41.7 Å². The zero-order valence-electron chi connectivity index (χ0n) is 17.8. The molecule has 0 saturated carbocycles.